The average molecular weight is 320 g/mol. The number of amides is 1. The zero-order valence-corrected chi connectivity index (χ0v) is 13.9. The highest BCUT2D eigenvalue weighted by Crippen LogP contribution is 2.30. The summed E-state index contributed by atoms with van der Waals surface area (Å²) in [6.45, 7) is 8.95. The number of pyridine rings is 1. The molecule has 0 fully saturated rings. The zero-order valence-electron chi connectivity index (χ0n) is 13.9. The summed E-state index contributed by atoms with van der Waals surface area (Å²) in [6, 6.07) is 1.73. The van der Waals surface area contributed by atoms with E-state index in [9.17, 15) is 9.59 Å². The molecular formula is C16H20N2O5. The molecule has 0 aliphatic heterocycles. The van der Waals surface area contributed by atoms with Gasteiger partial charge in [-0.2, -0.15) is 0 Å². The van der Waals surface area contributed by atoms with Crippen LogP contribution < -0.4 is 5.32 Å². The van der Waals surface area contributed by atoms with Crippen LogP contribution >= 0.6 is 0 Å². The van der Waals surface area contributed by atoms with Crippen molar-refractivity contribution in [2.45, 2.75) is 40.2 Å². The highest BCUT2D eigenvalue weighted by atomic mass is 16.6. The van der Waals surface area contributed by atoms with E-state index < -0.39 is 17.7 Å². The number of rotatable bonds is 3. The van der Waals surface area contributed by atoms with Gasteiger partial charge in [-0.05, 0) is 46.2 Å². The van der Waals surface area contributed by atoms with Crippen LogP contribution in [-0.2, 0) is 9.47 Å². The van der Waals surface area contributed by atoms with Crippen molar-refractivity contribution >= 4 is 29.0 Å². The molecule has 2 heterocycles. The van der Waals surface area contributed by atoms with Crippen molar-refractivity contribution < 1.29 is 23.5 Å². The monoisotopic (exact) mass is 320 g/mol. The van der Waals surface area contributed by atoms with Crippen molar-refractivity contribution in [3.05, 3.63) is 23.4 Å². The minimum absolute atomic E-state index is 0.0363. The summed E-state index contributed by atoms with van der Waals surface area (Å²) in [6.07, 6.45) is 0.886. The maximum absolute atomic E-state index is 12.2. The number of aryl methyl sites for hydroxylation is 1. The smallest absolute Gasteiger partial charge is 0.414 e. The number of ether oxygens (including phenoxy) is 2. The molecule has 1 N–H and O–H groups in total. The van der Waals surface area contributed by atoms with Gasteiger partial charge < -0.3 is 13.9 Å². The summed E-state index contributed by atoms with van der Waals surface area (Å²) in [5.41, 5.74) is 0.993. The molecule has 0 saturated heterocycles. The molecule has 23 heavy (non-hydrogen) atoms. The zero-order chi connectivity index (χ0) is 17.2. The number of nitrogens with zero attached hydrogens (tertiary/aromatic N) is 1. The van der Waals surface area contributed by atoms with Crippen LogP contribution in [0, 0.1) is 6.92 Å². The number of esters is 1. The predicted molar refractivity (Wildman–Crippen MR) is 84.6 cm³/mol. The lowest BCUT2D eigenvalue weighted by atomic mass is 10.2. The van der Waals surface area contributed by atoms with Crippen LogP contribution in [0.25, 0.3) is 11.1 Å². The lowest BCUT2D eigenvalue weighted by Crippen LogP contribution is -2.27. The molecular weight excluding hydrogens is 300 g/mol. The Morgan fingerprint density at radius 2 is 2.04 bits per heavy atom. The van der Waals surface area contributed by atoms with Crippen LogP contribution in [0.3, 0.4) is 0 Å². The van der Waals surface area contributed by atoms with Crippen molar-refractivity contribution in [2.24, 2.45) is 0 Å². The van der Waals surface area contributed by atoms with Gasteiger partial charge in [0.15, 0.2) is 5.58 Å². The topological polar surface area (TPSA) is 90.7 Å². The second-order valence-corrected chi connectivity index (χ2v) is 6.01. The van der Waals surface area contributed by atoms with E-state index in [0.29, 0.717) is 11.1 Å². The van der Waals surface area contributed by atoms with Gasteiger partial charge in [-0.15, -0.1) is 0 Å². The third-order valence-corrected chi connectivity index (χ3v) is 2.76. The van der Waals surface area contributed by atoms with E-state index in [2.05, 4.69) is 10.3 Å². The van der Waals surface area contributed by atoms with Gasteiger partial charge in [0.1, 0.15) is 16.7 Å². The SMILES string of the molecule is CCOC(=O)c1c(NC(=O)OC(C)(C)C)oc2cc(C)cnc12. The number of furan rings is 1. The Labute approximate surface area is 134 Å². The van der Waals surface area contributed by atoms with Crippen molar-refractivity contribution in [1.29, 1.82) is 0 Å². The molecule has 0 aliphatic rings. The van der Waals surface area contributed by atoms with E-state index >= 15 is 0 Å². The fourth-order valence-electron chi connectivity index (χ4n) is 1.95. The fourth-order valence-corrected chi connectivity index (χ4v) is 1.95. The maximum Gasteiger partial charge on any atom is 0.414 e. The first-order valence-electron chi connectivity index (χ1n) is 7.27. The highest BCUT2D eigenvalue weighted by Gasteiger charge is 2.26. The van der Waals surface area contributed by atoms with E-state index in [4.69, 9.17) is 13.9 Å². The summed E-state index contributed by atoms with van der Waals surface area (Å²) in [5.74, 6) is -0.653. The molecule has 2 aromatic heterocycles. The quantitative estimate of drug-likeness (QED) is 0.868. The normalized spacial score (nSPS) is 11.3. The van der Waals surface area contributed by atoms with E-state index in [1.165, 1.54) is 0 Å². The number of carbonyl (C=O) groups is 2. The number of anilines is 1. The lowest BCUT2D eigenvalue weighted by Gasteiger charge is -2.19. The Morgan fingerprint density at radius 1 is 1.35 bits per heavy atom. The molecule has 0 aliphatic carbocycles. The van der Waals surface area contributed by atoms with Crippen molar-refractivity contribution in [1.82, 2.24) is 4.98 Å². The third kappa shape index (κ3) is 4.00. The van der Waals surface area contributed by atoms with Gasteiger partial charge in [-0.25, -0.2) is 9.59 Å². The number of hydrogen-bond acceptors (Lipinski definition) is 6. The Balaban J connectivity index is 2.43. The van der Waals surface area contributed by atoms with E-state index in [-0.39, 0.29) is 18.1 Å². The summed E-state index contributed by atoms with van der Waals surface area (Å²) in [5, 5.41) is 2.45. The molecule has 0 saturated carbocycles. The molecule has 0 radical (unpaired) electrons. The molecule has 7 heteroatoms. The maximum atomic E-state index is 12.2. The second kappa shape index (κ2) is 6.28. The van der Waals surface area contributed by atoms with Crippen molar-refractivity contribution in [3.8, 4) is 0 Å². The molecule has 7 nitrogen and oxygen atoms in total. The number of hydrogen-bond donors (Lipinski definition) is 1. The molecule has 0 unspecified atom stereocenters. The molecule has 0 atom stereocenters. The van der Waals surface area contributed by atoms with Gasteiger partial charge in [-0.3, -0.25) is 10.3 Å². The second-order valence-electron chi connectivity index (χ2n) is 6.01. The molecule has 124 valence electrons. The van der Waals surface area contributed by atoms with Crippen LogP contribution in [0.5, 0.6) is 0 Å². The Bertz CT molecular complexity index is 743. The van der Waals surface area contributed by atoms with Crippen LogP contribution in [0.1, 0.15) is 43.6 Å². The lowest BCUT2D eigenvalue weighted by molar-refractivity contribution is 0.0529. The van der Waals surface area contributed by atoms with Gasteiger partial charge in [-0.1, -0.05) is 0 Å². The molecule has 0 spiro atoms. The standard InChI is InChI=1S/C16H20N2O5/c1-6-21-14(19)11-12-10(7-9(2)8-17-12)22-13(11)18-15(20)23-16(3,4)5/h7-8H,6H2,1-5H3,(H,18,20). The van der Waals surface area contributed by atoms with Crippen molar-refractivity contribution in [2.75, 3.05) is 11.9 Å². The van der Waals surface area contributed by atoms with E-state index in [1.807, 2.05) is 6.92 Å². The van der Waals surface area contributed by atoms with Crippen LogP contribution in [0.4, 0.5) is 10.7 Å². The van der Waals surface area contributed by atoms with E-state index in [0.717, 1.165) is 5.56 Å². The number of aromatic nitrogens is 1. The summed E-state index contributed by atoms with van der Waals surface area (Å²) in [4.78, 5) is 28.3. The Morgan fingerprint density at radius 3 is 2.65 bits per heavy atom. The first-order chi connectivity index (χ1) is 10.7. The predicted octanol–water partition coefficient (Wildman–Crippen LogP) is 3.66. The third-order valence-electron chi connectivity index (χ3n) is 2.76. The Hall–Kier alpha value is -2.57. The van der Waals surface area contributed by atoms with Gasteiger partial charge >= 0.3 is 12.1 Å². The minimum Gasteiger partial charge on any atom is -0.462 e. The summed E-state index contributed by atoms with van der Waals surface area (Å²) >= 11 is 0. The fraction of sp³-hybridized carbons (Fsp3) is 0.438. The number of nitrogens with one attached hydrogen (secondary N) is 1. The molecule has 2 rings (SSSR count). The van der Waals surface area contributed by atoms with Gasteiger partial charge in [0.05, 0.1) is 6.61 Å². The average Bonchev–Trinajstić information content (AvgIpc) is 2.73. The van der Waals surface area contributed by atoms with Crippen molar-refractivity contribution in [3.63, 3.8) is 0 Å². The highest BCUT2D eigenvalue weighted by molar-refractivity contribution is 6.08. The van der Waals surface area contributed by atoms with Gasteiger partial charge in [0.25, 0.3) is 0 Å². The minimum atomic E-state index is -0.723. The first-order valence-corrected chi connectivity index (χ1v) is 7.27. The molecule has 2 aromatic rings. The Kier molecular flexibility index (Phi) is 4.58. The molecule has 0 aromatic carbocycles. The van der Waals surface area contributed by atoms with Crippen LogP contribution in [0.2, 0.25) is 0 Å². The van der Waals surface area contributed by atoms with Gasteiger partial charge in [0.2, 0.25) is 5.88 Å². The van der Waals surface area contributed by atoms with Crippen LogP contribution in [-0.4, -0.2) is 29.3 Å². The number of fused-ring (bicyclic) bond motifs is 1. The summed E-state index contributed by atoms with van der Waals surface area (Å²) < 4.78 is 15.7. The number of carbonyl (C=O) groups excluding carboxylic acids is 2. The first kappa shape index (κ1) is 16.8. The van der Waals surface area contributed by atoms with Crippen LogP contribution in [0.15, 0.2) is 16.7 Å². The summed E-state index contributed by atoms with van der Waals surface area (Å²) in [7, 11) is 0. The molecule has 1 amide bonds. The molecule has 0 bridgehead atoms. The van der Waals surface area contributed by atoms with E-state index in [1.54, 1.807) is 40.0 Å². The largest absolute Gasteiger partial charge is 0.462 e. The van der Waals surface area contributed by atoms with Gasteiger partial charge in [0, 0.05) is 6.20 Å².